The van der Waals surface area contributed by atoms with Gasteiger partial charge in [-0.3, -0.25) is 10.1 Å². The summed E-state index contributed by atoms with van der Waals surface area (Å²) in [7, 11) is 0. The molecule has 0 heterocycles. The van der Waals surface area contributed by atoms with Gasteiger partial charge in [0.1, 0.15) is 0 Å². The molecule has 2 aromatic rings. The summed E-state index contributed by atoms with van der Waals surface area (Å²) in [6.07, 6.45) is 2.89. The molecular formula is C17H17NO2. The second kappa shape index (κ2) is 6.66. The lowest BCUT2D eigenvalue weighted by atomic mass is 10.0. The maximum absolute atomic E-state index is 11.2. The van der Waals surface area contributed by atoms with Crippen molar-refractivity contribution in [3.8, 4) is 0 Å². The van der Waals surface area contributed by atoms with Crippen LogP contribution in [-0.4, -0.2) is 4.92 Å². The van der Waals surface area contributed by atoms with E-state index in [1.807, 2.05) is 54.6 Å². The lowest BCUT2D eigenvalue weighted by Gasteiger charge is -2.04. The summed E-state index contributed by atoms with van der Waals surface area (Å²) in [5.41, 5.74) is 3.22. The number of allylic oxidation sites excluding steroid dienone is 1. The normalized spacial score (nSPS) is 11.3. The Bertz CT molecular complexity index is 618. The van der Waals surface area contributed by atoms with Gasteiger partial charge >= 0.3 is 0 Å². The van der Waals surface area contributed by atoms with Gasteiger partial charge < -0.3 is 0 Å². The van der Waals surface area contributed by atoms with Gasteiger partial charge in [0, 0.05) is 6.08 Å². The average Bonchev–Trinajstić information content (AvgIpc) is 2.48. The molecule has 102 valence electrons. The van der Waals surface area contributed by atoms with E-state index < -0.39 is 0 Å². The van der Waals surface area contributed by atoms with Crippen molar-refractivity contribution >= 4 is 6.08 Å². The summed E-state index contributed by atoms with van der Waals surface area (Å²) in [4.78, 5) is 11.0. The molecule has 20 heavy (non-hydrogen) atoms. The first-order chi connectivity index (χ1) is 9.70. The zero-order valence-electron chi connectivity index (χ0n) is 11.5. The van der Waals surface area contributed by atoms with Gasteiger partial charge in [0.25, 0.3) is 5.70 Å². The highest BCUT2D eigenvalue weighted by Gasteiger charge is 2.12. The molecule has 0 saturated heterocycles. The van der Waals surface area contributed by atoms with Crippen LogP contribution in [0.15, 0.2) is 60.3 Å². The average molecular weight is 267 g/mol. The monoisotopic (exact) mass is 267 g/mol. The molecule has 3 heteroatoms. The van der Waals surface area contributed by atoms with E-state index >= 15 is 0 Å². The fourth-order valence-electron chi connectivity index (χ4n) is 2.15. The maximum Gasteiger partial charge on any atom is 0.251 e. The molecule has 0 fully saturated rings. The fourth-order valence-corrected chi connectivity index (χ4v) is 2.15. The van der Waals surface area contributed by atoms with Gasteiger partial charge in [-0.15, -0.1) is 0 Å². The molecule has 0 aliphatic carbocycles. The summed E-state index contributed by atoms with van der Waals surface area (Å²) >= 11 is 0. The lowest BCUT2D eigenvalue weighted by Crippen LogP contribution is -2.03. The van der Waals surface area contributed by atoms with E-state index in [1.165, 1.54) is 0 Å². The number of nitrogens with zero attached hydrogens (tertiary/aromatic N) is 1. The first-order valence-electron chi connectivity index (χ1n) is 6.67. The quantitative estimate of drug-likeness (QED) is 0.604. The third kappa shape index (κ3) is 3.54. The number of aryl methyl sites for hydroxylation is 1. The second-order valence-electron chi connectivity index (χ2n) is 4.61. The Labute approximate surface area is 118 Å². The molecular weight excluding hydrogens is 250 g/mol. The second-order valence-corrected chi connectivity index (χ2v) is 4.61. The number of benzene rings is 2. The smallest absolute Gasteiger partial charge is 0.251 e. The van der Waals surface area contributed by atoms with Crippen LogP contribution in [0.4, 0.5) is 0 Å². The largest absolute Gasteiger partial charge is 0.259 e. The maximum atomic E-state index is 11.2. The molecule has 0 N–H and O–H groups in total. The van der Waals surface area contributed by atoms with Gasteiger partial charge in [0.05, 0.1) is 11.3 Å². The molecule has 0 bridgehead atoms. The van der Waals surface area contributed by atoms with E-state index in [4.69, 9.17) is 0 Å². The van der Waals surface area contributed by atoms with E-state index in [0.29, 0.717) is 6.42 Å². The van der Waals surface area contributed by atoms with E-state index in [0.717, 1.165) is 23.1 Å². The van der Waals surface area contributed by atoms with Gasteiger partial charge in [0.15, 0.2) is 0 Å². The number of rotatable bonds is 5. The van der Waals surface area contributed by atoms with Crippen LogP contribution < -0.4 is 0 Å². The van der Waals surface area contributed by atoms with Gasteiger partial charge in [-0.2, -0.15) is 0 Å². The predicted molar refractivity (Wildman–Crippen MR) is 80.9 cm³/mol. The van der Waals surface area contributed by atoms with Crippen molar-refractivity contribution in [3.63, 3.8) is 0 Å². The molecule has 0 unspecified atom stereocenters. The van der Waals surface area contributed by atoms with Crippen molar-refractivity contribution in [2.45, 2.75) is 19.8 Å². The molecule has 0 aliphatic rings. The topological polar surface area (TPSA) is 43.1 Å². The molecule has 0 spiro atoms. The Morgan fingerprint density at radius 1 is 1.10 bits per heavy atom. The first kappa shape index (κ1) is 14.0. The third-order valence-corrected chi connectivity index (χ3v) is 3.22. The molecule has 2 aromatic carbocycles. The van der Waals surface area contributed by atoms with E-state index in [2.05, 4.69) is 6.92 Å². The van der Waals surface area contributed by atoms with Crippen molar-refractivity contribution in [3.05, 3.63) is 87.1 Å². The van der Waals surface area contributed by atoms with E-state index in [1.54, 1.807) is 6.08 Å². The van der Waals surface area contributed by atoms with Crippen LogP contribution in [0.5, 0.6) is 0 Å². The molecule has 0 aromatic heterocycles. The first-order valence-corrected chi connectivity index (χ1v) is 6.67. The highest BCUT2D eigenvalue weighted by molar-refractivity contribution is 5.55. The molecule has 0 saturated carbocycles. The van der Waals surface area contributed by atoms with Gasteiger partial charge in [-0.05, 0) is 23.1 Å². The standard InChI is InChI=1S/C17H17NO2/c1-2-15-10-6-7-11-16(15)13-17(18(19)20)12-14-8-4-3-5-9-14/h3-11,13H,2,12H2,1H3. The molecule has 0 atom stereocenters. The van der Waals surface area contributed by atoms with Crippen LogP contribution in [0, 0.1) is 10.1 Å². The molecule has 0 amide bonds. The van der Waals surface area contributed by atoms with Crippen LogP contribution in [-0.2, 0) is 12.8 Å². The zero-order valence-corrected chi connectivity index (χ0v) is 11.5. The minimum Gasteiger partial charge on any atom is -0.259 e. The molecule has 2 rings (SSSR count). The van der Waals surface area contributed by atoms with Crippen LogP contribution >= 0.6 is 0 Å². The lowest BCUT2D eigenvalue weighted by molar-refractivity contribution is -0.425. The third-order valence-electron chi connectivity index (χ3n) is 3.22. The Kier molecular flexibility index (Phi) is 4.66. The number of hydrogen-bond donors (Lipinski definition) is 0. The van der Waals surface area contributed by atoms with Crippen molar-refractivity contribution < 1.29 is 4.92 Å². The zero-order chi connectivity index (χ0) is 14.4. The SMILES string of the molecule is CCc1ccccc1C=C(Cc1ccccc1)[N+](=O)[O-]. The summed E-state index contributed by atoms with van der Waals surface area (Å²) in [6.45, 7) is 2.05. The van der Waals surface area contributed by atoms with E-state index in [-0.39, 0.29) is 10.6 Å². The molecule has 0 radical (unpaired) electrons. The molecule has 0 aliphatic heterocycles. The van der Waals surface area contributed by atoms with Gasteiger partial charge in [-0.25, -0.2) is 0 Å². The number of hydrogen-bond acceptors (Lipinski definition) is 2. The molecule has 3 nitrogen and oxygen atoms in total. The Hall–Kier alpha value is -2.42. The minimum absolute atomic E-state index is 0.220. The van der Waals surface area contributed by atoms with Crippen molar-refractivity contribution in [1.82, 2.24) is 0 Å². The van der Waals surface area contributed by atoms with Crippen molar-refractivity contribution in [1.29, 1.82) is 0 Å². The fraction of sp³-hybridized carbons (Fsp3) is 0.176. The highest BCUT2D eigenvalue weighted by Crippen LogP contribution is 2.17. The minimum atomic E-state index is -0.292. The van der Waals surface area contributed by atoms with Crippen molar-refractivity contribution in [2.24, 2.45) is 0 Å². The van der Waals surface area contributed by atoms with Crippen LogP contribution in [0.25, 0.3) is 6.08 Å². The Balaban J connectivity index is 2.33. The summed E-state index contributed by atoms with van der Waals surface area (Å²) in [5.74, 6) is 0. The van der Waals surface area contributed by atoms with Crippen LogP contribution in [0.3, 0.4) is 0 Å². The van der Waals surface area contributed by atoms with E-state index in [9.17, 15) is 10.1 Å². The summed E-state index contributed by atoms with van der Waals surface area (Å²) < 4.78 is 0. The van der Waals surface area contributed by atoms with Gasteiger partial charge in [-0.1, -0.05) is 61.5 Å². The summed E-state index contributed by atoms with van der Waals surface area (Å²) in [5, 5.41) is 11.2. The Morgan fingerprint density at radius 3 is 2.40 bits per heavy atom. The van der Waals surface area contributed by atoms with Crippen LogP contribution in [0.1, 0.15) is 23.6 Å². The highest BCUT2D eigenvalue weighted by atomic mass is 16.6. The number of nitro groups is 1. The summed E-state index contributed by atoms with van der Waals surface area (Å²) in [6, 6.07) is 17.3. The predicted octanol–water partition coefficient (Wildman–Crippen LogP) is 4.11. The van der Waals surface area contributed by atoms with Crippen LogP contribution in [0.2, 0.25) is 0 Å². The van der Waals surface area contributed by atoms with Gasteiger partial charge in [0.2, 0.25) is 0 Å². The van der Waals surface area contributed by atoms with Crippen molar-refractivity contribution in [2.75, 3.05) is 0 Å². The Morgan fingerprint density at radius 2 is 1.75 bits per heavy atom.